The van der Waals surface area contributed by atoms with Gasteiger partial charge in [0, 0.05) is 11.4 Å². The molecule has 1 atom stereocenters. The van der Waals surface area contributed by atoms with E-state index in [9.17, 15) is 8.42 Å². The molecule has 0 saturated heterocycles. The number of thiophene rings is 1. The molecular weight excluding hydrogens is 322 g/mol. The lowest BCUT2D eigenvalue weighted by Gasteiger charge is -2.11. The molecule has 0 radical (unpaired) electrons. The molecule has 0 spiro atoms. The molecule has 0 aliphatic carbocycles. The van der Waals surface area contributed by atoms with E-state index in [1.165, 1.54) is 6.07 Å². The average molecular weight is 333 g/mol. The first-order valence-corrected chi connectivity index (χ1v) is 8.09. The second kappa shape index (κ2) is 5.63. The van der Waals surface area contributed by atoms with Crippen molar-refractivity contribution in [3.05, 3.63) is 16.5 Å². The number of hydrogen-bond donors (Lipinski definition) is 1. The molecule has 7 heteroatoms. The average Bonchev–Trinajstić information content (AvgIpc) is 2.51. The Hall–Kier alpha value is 0.380. The topological polar surface area (TPSA) is 46.2 Å². The molecule has 0 aromatic carbocycles. The van der Waals surface area contributed by atoms with Crippen LogP contribution in [0.3, 0.4) is 0 Å². The first-order valence-electron chi connectivity index (χ1n) is 4.29. The third-order valence-electron chi connectivity index (χ3n) is 1.71. The van der Waals surface area contributed by atoms with E-state index in [0.29, 0.717) is 4.34 Å². The van der Waals surface area contributed by atoms with Crippen LogP contribution in [0.4, 0.5) is 0 Å². The van der Waals surface area contributed by atoms with Gasteiger partial charge >= 0.3 is 0 Å². The number of hydrogen-bond acceptors (Lipinski definition) is 3. The zero-order valence-electron chi connectivity index (χ0n) is 8.04. The number of nitrogens with one attached hydrogen (secondary N) is 1. The summed E-state index contributed by atoms with van der Waals surface area (Å²) in [4.78, 5) is 0. The Labute approximate surface area is 107 Å². The SMILES string of the molecule is CC(CCBr)NS(=O)(=O)c1ccc(Cl)s1. The summed E-state index contributed by atoms with van der Waals surface area (Å²) >= 11 is 10.0. The van der Waals surface area contributed by atoms with Crippen LogP contribution in [0.2, 0.25) is 4.34 Å². The van der Waals surface area contributed by atoms with Gasteiger partial charge in [-0.3, -0.25) is 0 Å². The summed E-state index contributed by atoms with van der Waals surface area (Å²) in [5.41, 5.74) is 0. The Bertz CT molecular complexity index is 418. The zero-order chi connectivity index (χ0) is 11.5. The summed E-state index contributed by atoms with van der Waals surface area (Å²) in [5, 5.41) is 0.766. The minimum atomic E-state index is -3.40. The van der Waals surface area contributed by atoms with Crippen LogP contribution in [0, 0.1) is 0 Å². The van der Waals surface area contributed by atoms with E-state index in [0.717, 1.165) is 23.1 Å². The van der Waals surface area contributed by atoms with Crippen molar-refractivity contribution in [3.8, 4) is 0 Å². The van der Waals surface area contributed by atoms with Crippen molar-refractivity contribution in [2.75, 3.05) is 5.33 Å². The van der Waals surface area contributed by atoms with Crippen molar-refractivity contribution < 1.29 is 8.42 Å². The van der Waals surface area contributed by atoms with Gasteiger partial charge in [0.25, 0.3) is 0 Å². The third-order valence-corrected chi connectivity index (χ3v) is 5.48. The van der Waals surface area contributed by atoms with Crippen molar-refractivity contribution >= 4 is 48.9 Å². The Balaban J connectivity index is 2.76. The van der Waals surface area contributed by atoms with Gasteiger partial charge in [0.2, 0.25) is 10.0 Å². The Morgan fingerprint density at radius 1 is 1.60 bits per heavy atom. The van der Waals surface area contributed by atoms with Crippen LogP contribution in [0.25, 0.3) is 0 Å². The fourth-order valence-electron chi connectivity index (χ4n) is 0.988. The lowest BCUT2D eigenvalue weighted by Crippen LogP contribution is -2.32. The molecular formula is C8H11BrClNO2S2. The number of sulfonamides is 1. The van der Waals surface area contributed by atoms with E-state index in [-0.39, 0.29) is 10.3 Å². The van der Waals surface area contributed by atoms with E-state index in [2.05, 4.69) is 20.7 Å². The van der Waals surface area contributed by atoms with Crippen molar-refractivity contribution in [1.82, 2.24) is 4.72 Å². The number of rotatable bonds is 5. The van der Waals surface area contributed by atoms with E-state index < -0.39 is 10.0 Å². The molecule has 1 rings (SSSR count). The van der Waals surface area contributed by atoms with E-state index in [4.69, 9.17) is 11.6 Å². The molecule has 1 aromatic rings. The summed E-state index contributed by atoms with van der Waals surface area (Å²) < 4.78 is 26.8. The maximum atomic E-state index is 11.8. The van der Waals surface area contributed by atoms with Gasteiger partial charge in [-0.2, -0.15) is 0 Å². The summed E-state index contributed by atoms with van der Waals surface area (Å²) in [6, 6.07) is 3.00. The molecule has 0 fully saturated rings. The van der Waals surface area contributed by atoms with Crippen LogP contribution in [0.1, 0.15) is 13.3 Å². The quantitative estimate of drug-likeness (QED) is 0.843. The summed E-state index contributed by atoms with van der Waals surface area (Å²) in [6.07, 6.45) is 0.748. The monoisotopic (exact) mass is 331 g/mol. The van der Waals surface area contributed by atoms with Crippen molar-refractivity contribution in [1.29, 1.82) is 0 Å². The van der Waals surface area contributed by atoms with Gasteiger partial charge in [-0.05, 0) is 25.5 Å². The molecule has 0 aliphatic heterocycles. The van der Waals surface area contributed by atoms with Gasteiger partial charge in [0.15, 0.2) is 0 Å². The third kappa shape index (κ3) is 4.03. The molecule has 0 bridgehead atoms. The van der Waals surface area contributed by atoms with Crippen LogP contribution in [0.15, 0.2) is 16.3 Å². The van der Waals surface area contributed by atoms with Gasteiger partial charge < -0.3 is 0 Å². The second-order valence-electron chi connectivity index (χ2n) is 3.06. The zero-order valence-corrected chi connectivity index (χ0v) is 12.0. The fourth-order valence-corrected chi connectivity index (χ4v) is 4.45. The second-order valence-corrected chi connectivity index (χ2v) is 7.51. The van der Waals surface area contributed by atoms with Crippen molar-refractivity contribution in [3.63, 3.8) is 0 Å². The highest BCUT2D eigenvalue weighted by Gasteiger charge is 2.18. The highest BCUT2D eigenvalue weighted by Crippen LogP contribution is 2.25. The maximum Gasteiger partial charge on any atom is 0.250 e. The van der Waals surface area contributed by atoms with Crippen molar-refractivity contribution in [2.45, 2.75) is 23.6 Å². The van der Waals surface area contributed by atoms with Gasteiger partial charge in [-0.1, -0.05) is 27.5 Å². The van der Waals surface area contributed by atoms with Gasteiger partial charge in [-0.15, -0.1) is 11.3 Å². The first-order chi connectivity index (χ1) is 6.95. The predicted molar refractivity (Wildman–Crippen MR) is 67.5 cm³/mol. The molecule has 15 heavy (non-hydrogen) atoms. The molecule has 1 aromatic heterocycles. The summed E-state index contributed by atoms with van der Waals surface area (Å²) in [5.74, 6) is 0. The Kier molecular flexibility index (Phi) is 5.05. The summed E-state index contributed by atoms with van der Waals surface area (Å²) in [6.45, 7) is 1.83. The Morgan fingerprint density at radius 3 is 2.73 bits per heavy atom. The van der Waals surface area contributed by atoms with Gasteiger partial charge in [-0.25, -0.2) is 13.1 Å². The number of alkyl halides is 1. The molecule has 0 aliphatic rings. The molecule has 0 saturated carbocycles. The first kappa shape index (κ1) is 13.4. The standard InChI is InChI=1S/C8H11BrClNO2S2/c1-6(4-5-9)11-15(12,13)8-3-2-7(10)14-8/h2-3,6,11H,4-5H2,1H3. The van der Waals surface area contributed by atoms with Crippen LogP contribution in [-0.4, -0.2) is 19.8 Å². The van der Waals surface area contributed by atoms with Crippen LogP contribution >= 0.6 is 38.9 Å². The molecule has 0 amide bonds. The van der Waals surface area contributed by atoms with Crippen LogP contribution < -0.4 is 4.72 Å². The molecule has 1 N–H and O–H groups in total. The van der Waals surface area contributed by atoms with Gasteiger partial charge in [0.1, 0.15) is 4.21 Å². The largest absolute Gasteiger partial charge is 0.250 e. The molecule has 1 heterocycles. The molecule has 86 valence electrons. The van der Waals surface area contributed by atoms with E-state index in [1.807, 2.05) is 6.92 Å². The number of halogens is 2. The highest BCUT2D eigenvalue weighted by atomic mass is 79.9. The highest BCUT2D eigenvalue weighted by molar-refractivity contribution is 9.09. The van der Waals surface area contributed by atoms with Crippen LogP contribution in [0.5, 0.6) is 0 Å². The lowest BCUT2D eigenvalue weighted by atomic mass is 10.3. The minimum Gasteiger partial charge on any atom is -0.208 e. The smallest absolute Gasteiger partial charge is 0.208 e. The Morgan fingerprint density at radius 2 is 2.27 bits per heavy atom. The fraction of sp³-hybridized carbons (Fsp3) is 0.500. The van der Waals surface area contributed by atoms with E-state index in [1.54, 1.807) is 6.07 Å². The normalized spacial score (nSPS) is 14.1. The van der Waals surface area contributed by atoms with Crippen LogP contribution in [-0.2, 0) is 10.0 Å². The van der Waals surface area contributed by atoms with Crippen molar-refractivity contribution in [2.24, 2.45) is 0 Å². The molecule has 1 unspecified atom stereocenters. The van der Waals surface area contributed by atoms with E-state index >= 15 is 0 Å². The predicted octanol–water partition coefficient (Wildman–Crippen LogP) is 2.85. The van der Waals surface area contributed by atoms with Gasteiger partial charge in [0.05, 0.1) is 4.34 Å². The summed E-state index contributed by atoms with van der Waals surface area (Å²) in [7, 11) is -3.40. The minimum absolute atomic E-state index is 0.0877. The maximum absolute atomic E-state index is 11.8. The molecule has 3 nitrogen and oxygen atoms in total. The lowest BCUT2D eigenvalue weighted by molar-refractivity contribution is 0.559.